The SMILES string of the molecule is COCCCNC(=O)[C@H]1CC(=O)N(c2ccc(OCC(=O)Nc3cc(Cl)cc(Cl)c3)cc2)C1. The largest absolute Gasteiger partial charge is 0.484 e. The molecule has 176 valence electrons. The molecular formula is C23H25Cl2N3O5. The summed E-state index contributed by atoms with van der Waals surface area (Å²) in [6.45, 7) is 1.19. The zero-order valence-electron chi connectivity index (χ0n) is 18.1. The van der Waals surface area contributed by atoms with Crippen molar-refractivity contribution in [2.24, 2.45) is 5.92 Å². The maximum Gasteiger partial charge on any atom is 0.262 e. The summed E-state index contributed by atoms with van der Waals surface area (Å²) in [6.07, 6.45) is 0.890. The maximum absolute atomic E-state index is 12.4. The van der Waals surface area contributed by atoms with Crippen LogP contribution >= 0.6 is 23.2 Å². The van der Waals surface area contributed by atoms with Gasteiger partial charge >= 0.3 is 0 Å². The van der Waals surface area contributed by atoms with Crippen LogP contribution in [-0.4, -0.2) is 51.1 Å². The van der Waals surface area contributed by atoms with Gasteiger partial charge in [0.15, 0.2) is 6.61 Å². The van der Waals surface area contributed by atoms with Crippen molar-refractivity contribution >= 4 is 52.3 Å². The van der Waals surface area contributed by atoms with Crippen molar-refractivity contribution in [1.29, 1.82) is 0 Å². The molecule has 1 atom stereocenters. The third kappa shape index (κ3) is 7.35. The normalized spacial score (nSPS) is 15.4. The van der Waals surface area contributed by atoms with Gasteiger partial charge in [0.2, 0.25) is 11.8 Å². The molecule has 8 nitrogen and oxygen atoms in total. The molecule has 1 aliphatic rings. The van der Waals surface area contributed by atoms with Gasteiger partial charge in [-0.25, -0.2) is 0 Å². The zero-order chi connectivity index (χ0) is 23.8. The van der Waals surface area contributed by atoms with Gasteiger partial charge in [-0.1, -0.05) is 23.2 Å². The third-order valence-corrected chi connectivity index (χ3v) is 5.42. The van der Waals surface area contributed by atoms with E-state index in [0.717, 1.165) is 6.42 Å². The lowest BCUT2D eigenvalue weighted by atomic mass is 10.1. The predicted octanol–water partition coefficient (Wildman–Crippen LogP) is 3.52. The second kappa shape index (κ2) is 11.9. The van der Waals surface area contributed by atoms with Crippen LogP contribution in [-0.2, 0) is 19.1 Å². The molecule has 0 bridgehead atoms. The highest BCUT2D eigenvalue weighted by molar-refractivity contribution is 6.35. The Kier molecular flexibility index (Phi) is 8.94. The predicted molar refractivity (Wildman–Crippen MR) is 127 cm³/mol. The Morgan fingerprint density at radius 1 is 1.12 bits per heavy atom. The third-order valence-electron chi connectivity index (χ3n) is 4.98. The molecule has 1 heterocycles. The van der Waals surface area contributed by atoms with Gasteiger partial charge in [0, 0.05) is 54.6 Å². The number of nitrogens with one attached hydrogen (secondary N) is 2. The number of ether oxygens (including phenoxy) is 2. The molecule has 2 N–H and O–H groups in total. The van der Waals surface area contributed by atoms with Crippen LogP contribution in [0.5, 0.6) is 5.75 Å². The number of amides is 3. The number of anilines is 2. The Balaban J connectivity index is 1.48. The number of hydrogen-bond acceptors (Lipinski definition) is 5. The van der Waals surface area contributed by atoms with E-state index in [1.165, 1.54) is 0 Å². The van der Waals surface area contributed by atoms with E-state index in [2.05, 4.69) is 10.6 Å². The molecule has 0 unspecified atom stereocenters. The van der Waals surface area contributed by atoms with Crippen molar-refractivity contribution in [3.05, 3.63) is 52.5 Å². The Labute approximate surface area is 202 Å². The fourth-order valence-electron chi connectivity index (χ4n) is 3.40. The number of rotatable bonds is 10. The molecule has 1 saturated heterocycles. The van der Waals surface area contributed by atoms with E-state index in [-0.39, 0.29) is 36.7 Å². The van der Waals surface area contributed by atoms with Gasteiger partial charge in [0.25, 0.3) is 5.91 Å². The first-order valence-electron chi connectivity index (χ1n) is 10.4. The van der Waals surface area contributed by atoms with Crippen molar-refractivity contribution in [2.75, 3.05) is 43.6 Å². The molecule has 33 heavy (non-hydrogen) atoms. The lowest BCUT2D eigenvalue weighted by Crippen LogP contribution is -2.33. The summed E-state index contributed by atoms with van der Waals surface area (Å²) in [5, 5.41) is 6.33. The van der Waals surface area contributed by atoms with E-state index in [1.54, 1.807) is 54.5 Å². The average Bonchev–Trinajstić information content (AvgIpc) is 3.16. The number of carbonyl (C=O) groups is 3. The number of methoxy groups -OCH3 is 1. The summed E-state index contributed by atoms with van der Waals surface area (Å²) >= 11 is 11.8. The Morgan fingerprint density at radius 2 is 1.82 bits per heavy atom. The molecular weight excluding hydrogens is 469 g/mol. The van der Waals surface area contributed by atoms with E-state index in [1.807, 2.05) is 0 Å². The first-order valence-corrected chi connectivity index (χ1v) is 11.2. The molecule has 2 aromatic carbocycles. The minimum atomic E-state index is -0.389. The van der Waals surface area contributed by atoms with Gasteiger partial charge in [0.05, 0.1) is 5.92 Å². The van der Waals surface area contributed by atoms with Crippen LogP contribution in [0.3, 0.4) is 0 Å². The monoisotopic (exact) mass is 493 g/mol. The van der Waals surface area contributed by atoms with Crippen LogP contribution in [0.2, 0.25) is 10.0 Å². The van der Waals surface area contributed by atoms with Crippen LogP contribution in [0.1, 0.15) is 12.8 Å². The molecule has 0 aromatic heterocycles. The number of hydrogen-bond donors (Lipinski definition) is 2. The van der Waals surface area contributed by atoms with Crippen LogP contribution in [0.4, 0.5) is 11.4 Å². The standard InChI is InChI=1S/C23H25Cl2N3O5/c1-32-8-2-7-26-23(31)15-9-22(30)28(13-15)19-3-5-20(6-4-19)33-14-21(29)27-18-11-16(24)10-17(25)12-18/h3-6,10-12,15H,2,7-9,13-14H2,1H3,(H,26,31)(H,27,29)/t15-/m0/s1. The quantitative estimate of drug-likeness (QED) is 0.493. The van der Waals surface area contributed by atoms with Crippen molar-refractivity contribution in [3.8, 4) is 5.75 Å². The number of carbonyl (C=O) groups excluding carboxylic acids is 3. The summed E-state index contributed by atoms with van der Waals surface area (Å²) in [5.74, 6) is -0.530. The Morgan fingerprint density at radius 3 is 2.48 bits per heavy atom. The highest BCUT2D eigenvalue weighted by Gasteiger charge is 2.34. The summed E-state index contributed by atoms with van der Waals surface area (Å²) in [5.41, 5.74) is 1.14. The van der Waals surface area contributed by atoms with Crippen LogP contribution in [0.15, 0.2) is 42.5 Å². The highest BCUT2D eigenvalue weighted by atomic mass is 35.5. The minimum absolute atomic E-state index is 0.111. The fourth-order valence-corrected chi connectivity index (χ4v) is 3.93. The molecule has 0 saturated carbocycles. The van der Waals surface area contributed by atoms with Crippen molar-refractivity contribution in [2.45, 2.75) is 12.8 Å². The number of halogens is 2. The van der Waals surface area contributed by atoms with E-state index in [0.29, 0.717) is 46.9 Å². The summed E-state index contributed by atoms with van der Waals surface area (Å²) in [4.78, 5) is 38.4. The summed E-state index contributed by atoms with van der Waals surface area (Å²) in [7, 11) is 1.61. The zero-order valence-corrected chi connectivity index (χ0v) is 19.6. The maximum atomic E-state index is 12.4. The topological polar surface area (TPSA) is 97.0 Å². The van der Waals surface area contributed by atoms with Crippen molar-refractivity contribution in [1.82, 2.24) is 5.32 Å². The average molecular weight is 494 g/mol. The van der Waals surface area contributed by atoms with E-state index in [9.17, 15) is 14.4 Å². The molecule has 0 aliphatic carbocycles. The van der Waals surface area contributed by atoms with E-state index < -0.39 is 0 Å². The Hall–Kier alpha value is -2.81. The molecule has 3 rings (SSSR count). The van der Waals surface area contributed by atoms with Crippen molar-refractivity contribution in [3.63, 3.8) is 0 Å². The van der Waals surface area contributed by atoms with Crippen molar-refractivity contribution < 1.29 is 23.9 Å². The first-order chi connectivity index (χ1) is 15.9. The molecule has 0 radical (unpaired) electrons. The van der Waals surface area contributed by atoms with Gasteiger partial charge in [-0.05, 0) is 48.9 Å². The van der Waals surface area contributed by atoms with Gasteiger partial charge in [-0.2, -0.15) is 0 Å². The fraction of sp³-hybridized carbons (Fsp3) is 0.348. The second-order valence-electron chi connectivity index (χ2n) is 7.53. The minimum Gasteiger partial charge on any atom is -0.484 e. The number of benzene rings is 2. The molecule has 0 spiro atoms. The summed E-state index contributed by atoms with van der Waals surface area (Å²) < 4.78 is 10.5. The molecule has 3 amide bonds. The molecule has 1 aliphatic heterocycles. The van der Waals surface area contributed by atoms with Crippen LogP contribution in [0.25, 0.3) is 0 Å². The summed E-state index contributed by atoms with van der Waals surface area (Å²) in [6, 6.07) is 11.5. The first kappa shape index (κ1) is 24.8. The van der Waals surface area contributed by atoms with Gasteiger partial charge in [-0.15, -0.1) is 0 Å². The van der Waals surface area contributed by atoms with E-state index >= 15 is 0 Å². The smallest absolute Gasteiger partial charge is 0.262 e. The lowest BCUT2D eigenvalue weighted by molar-refractivity contribution is -0.126. The lowest BCUT2D eigenvalue weighted by Gasteiger charge is -2.17. The Bertz CT molecular complexity index is 980. The van der Waals surface area contributed by atoms with Gasteiger partial charge < -0.3 is 25.0 Å². The van der Waals surface area contributed by atoms with Gasteiger partial charge in [-0.3, -0.25) is 14.4 Å². The van der Waals surface area contributed by atoms with Crippen LogP contribution in [0, 0.1) is 5.92 Å². The second-order valence-corrected chi connectivity index (χ2v) is 8.40. The highest BCUT2D eigenvalue weighted by Crippen LogP contribution is 2.27. The van der Waals surface area contributed by atoms with E-state index in [4.69, 9.17) is 32.7 Å². The van der Waals surface area contributed by atoms with Crippen LogP contribution < -0.4 is 20.3 Å². The van der Waals surface area contributed by atoms with Gasteiger partial charge in [0.1, 0.15) is 5.75 Å². The molecule has 2 aromatic rings. The number of nitrogens with zero attached hydrogens (tertiary/aromatic N) is 1. The molecule has 10 heteroatoms. The molecule has 1 fully saturated rings.